The van der Waals surface area contributed by atoms with Gasteiger partial charge in [-0.2, -0.15) is 0 Å². The maximum atomic E-state index is 5.36. The van der Waals surface area contributed by atoms with Crippen molar-refractivity contribution in [2.24, 2.45) is 0 Å². The van der Waals surface area contributed by atoms with E-state index in [1.807, 2.05) is 28.3 Å². The minimum atomic E-state index is 0.492. The number of nitrogens with zero attached hydrogens (tertiary/aromatic N) is 5. The van der Waals surface area contributed by atoms with Gasteiger partial charge in [-0.05, 0) is 34.7 Å². The largest absolute Gasteiger partial charge is 0.355 e. The van der Waals surface area contributed by atoms with E-state index in [1.54, 1.807) is 23.1 Å². The molecule has 0 saturated heterocycles. The topological polar surface area (TPSA) is 69.6 Å². The first-order chi connectivity index (χ1) is 9.90. The first-order valence-electron chi connectivity index (χ1n) is 6.30. The van der Waals surface area contributed by atoms with Crippen molar-refractivity contribution in [2.75, 3.05) is 0 Å². The van der Waals surface area contributed by atoms with Crippen molar-refractivity contribution in [3.63, 3.8) is 0 Å². The van der Waals surface area contributed by atoms with Crippen molar-refractivity contribution in [3.8, 4) is 10.6 Å². The monoisotopic (exact) mass is 305 g/mol. The van der Waals surface area contributed by atoms with E-state index in [0.717, 1.165) is 21.5 Å². The summed E-state index contributed by atoms with van der Waals surface area (Å²) in [4.78, 5) is 1.09. The van der Waals surface area contributed by atoms with Crippen LogP contribution in [0.15, 0.2) is 33.3 Å². The minimum Gasteiger partial charge on any atom is -0.355 e. The van der Waals surface area contributed by atoms with Crippen LogP contribution >= 0.6 is 23.1 Å². The molecule has 3 heterocycles. The van der Waals surface area contributed by atoms with E-state index in [1.165, 1.54) is 12.8 Å². The third-order valence-corrected chi connectivity index (χ3v) is 4.88. The highest BCUT2D eigenvalue weighted by molar-refractivity contribution is 7.98. The summed E-state index contributed by atoms with van der Waals surface area (Å²) in [6, 6.07) is 6.49. The van der Waals surface area contributed by atoms with Crippen LogP contribution in [0, 0.1) is 0 Å². The standard InChI is InChI=1S/C12H11N5OS2/c1-2-11(19-5-1)10-6-8(14-18-10)7-20-12-13-15-16-17(12)9-3-4-9/h1-2,5-6,9H,3-4,7H2. The van der Waals surface area contributed by atoms with Gasteiger partial charge >= 0.3 is 0 Å². The highest BCUT2D eigenvalue weighted by Gasteiger charge is 2.27. The molecule has 0 unspecified atom stereocenters. The molecule has 0 N–H and O–H groups in total. The average Bonchev–Trinajstić information content (AvgIpc) is 2.93. The summed E-state index contributed by atoms with van der Waals surface area (Å²) in [5, 5.41) is 18.8. The lowest BCUT2D eigenvalue weighted by Gasteiger charge is -1.99. The first kappa shape index (κ1) is 12.1. The fourth-order valence-electron chi connectivity index (χ4n) is 1.88. The van der Waals surface area contributed by atoms with Gasteiger partial charge in [0.25, 0.3) is 0 Å². The first-order valence-corrected chi connectivity index (χ1v) is 8.17. The van der Waals surface area contributed by atoms with Gasteiger partial charge in [0.15, 0.2) is 5.76 Å². The van der Waals surface area contributed by atoms with E-state index >= 15 is 0 Å². The van der Waals surface area contributed by atoms with Crippen LogP contribution in [0.4, 0.5) is 0 Å². The molecule has 0 radical (unpaired) electrons. The zero-order chi connectivity index (χ0) is 13.4. The Bertz CT molecular complexity index is 701. The number of hydrogen-bond donors (Lipinski definition) is 0. The van der Waals surface area contributed by atoms with Crippen molar-refractivity contribution < 1.29 is 4.52 Å². The maximum absolute atomic E-state index is 5.36. The summed E-state index contributed by atoms with van der Waals surface area (Å²) in [6.45, 7) is 0. The van der Waals surface area contributed by atoms with Crippen molar-refractivity contribution in [1.29, 1.82) is 0 Å². The van der Waals surface area contributed by atoms with Gasteiger partial charge in [0.1, 0.15) is 0 Å². The molecule has 4 rings (SSSR count). The predicted molar refractivity (Wildman–Crippen MR) is 75.5 cm³/mol. The van der Waals surface area contributed by atoms with Crippen molar-refractivity contribution in [1.82, 2.24) is 25.4 Å². The van der Waals surface area contributed by atoms with Crippen LogP contribution in [0.1, 0.15) is 24.6 Å². The molecule has 0 amide bonds. The van der Waals surface area contributed by atoms with Gasteiger partial charge < -0.3 is 4.52 Å². The van der Waals surface area contributed by atoms with Gasteiger partial charge in [-0.15, -0.1) is 16.4 Å². The molecule has 6 nitrogen and oxygen atoms in total. The SMILES string of the molecule is c1csc(-c2cc(CSc3nnnn3C3CC3)no2)c1. The van der Waals surface area contributed by atoms with E-state index in [4.69, 9.17) is 4.52 Å². The number of hydrogen-bond acceptors (Lipinski definition) is 7. The van der Waals surface area contributed by atoms with Crippen LogP contribution in [0.25, 0.3) is 10.6 Å². The van der Waals surface area contributed by atoms with Crippen LogP contribution in [0.5, 0.6) is 0 Å². The lowest BCUT2D eigenvalue weighted by Crippen LogP contribution is -1.98. The molecule has 0 aromatic carbocycles. The highest BCUT2D eigenvalue weighted by atomic mass is 32.2. The molecule has 0 bridgehead atoms. The van der Waals surface area contributed by atoms with Gasteiger partial charge in [-0.25, -0.2) is 4.68 Å². The molecule has 1 aliphatic rings. The lowest BCUT2D eigenvalue weighted by molar-refractivity contribution is 0.427. The van der Waals surface area contributed by atoms with Crippen molar-refractivity contribution in [2.45, 2.75) is 29.8 Å². The quantitative estimate of drug-likeness (QED) is 0.675. The summed E-state index contributed by atoms with van der Waals surface area (Å²) in [5.41, 5.74) is 0.906. The van der Waals surface area contributed by atoms with Gasteiger partial charge in [-0.1, -0.05) is 23.0 Å². The van der Waals surface area contributed by atoms with E-state index in [-0.39, 0.29) is 0 Å². The zero-order valence-electron chi connectivity index (χ0n) is 10.5. The smallest absolute Gasteiger partial charge is 0.209 e. The Morgan fingerprint density at radius 2 is 2.40 bits per heavy atom. The molecule has 1 saturated carbocycles. The second-order valence-electron chi connectivity index (χ2n) is 4.59. The number of tetrazole rings is 1. The molecule has 0 aliphatic heterocycles. The molecule has 1 fully saturated rings. The lowest BCUT2D eigenvalue weighted by atomic mass is 10.3. The van der Waals surface area contributed by atoms with Crippen molar-refractivity contribution in [3.05, 3.63) is 29.3 Å². The van der Waals surface area contributed by atoms with Crippen LogP contribution < -0.4 is 0 Å². The Kier molecular flexibility index (Phi) is 3.04. The molecular weight excluding hydrogens is 294 g/mol. The van der Waals surface area contributed by atoms with E-state index in [0.29, 0.717) is 11.8 Å². The third-order valence-electron chi connectivity index (χ3n) is 3.03. The Labute approximate surface area is 123 Å². The number of aromatic nitrogens is 5. The average molecular weight is 305 g/mol. The van der Waals surface area contributed by atoms with Crippen LogP contribution in [-0.2, 0) is 5.75 Å². The van der Waals surface area contributed by atoms with Gasteiger partial charge in [-0.3, -0.25) is 0 Å². The molecule has 20 heavy (non-hydrogen) atoms. The molecule has 3 aromatic rings. The Morgan fingerprint density at radius 3 is 3.20 bits per heavy atom. The molecule has 1 aliphatic carbocycles. The maximum Gasteiger partial charge on any atom is 0.209 e. The third kappa shape index (κ3) is 2.36. The fraction of sp³-hybridized carbons (Fsp3) is 0.333. The Balaban J connectivity index is 1.45. The normalized spacial score (nSPS) is 14.8. The molecular formula is C12H11N5OS2. The number of rotatable bonds is 5. The molecule has 3 aromatic heterocycles. The summed E-state index contributed by atoms with van der Waals surface area (Å²) in [6.07, 6.45) is 2.34. The van der Waals surface area contributed by atoms with Crippen LogP contribution in [0.2, 0.25) is 0 Å². The van der Waals surface area contributed by atoms with Gasteiger partial charge in [0, 0.05) is 11.8 Å². The number of thioether (sulfide) groups is 1. The summed E-state index contributed by atoms with van der Waals surface area (Å²) >= 11 is 3.24. The van der Waals surface area contributed by atoms with E-state index in [2.05, 4.69) is 20.7 Å². The number of thiophene rings is 1. The van der Waals surface area contributed by atoms with Crippen LogP contribution in [-0.4, -0.2) is 25.4 Å². The molecule has 0 atom stereocenters. The second kappa shape index (κ2) is 5.02. The predicted octanol–water partition coefficient (Wildman–Crippen LogP) is 3.02. The highest BCUT2D eigenvalue weighted by Crippen LogP contribution is 2.37. The second-order valence-corrected chi connectivity index (χ2v) is 6.48. The molecule has 102 valence electrons. The van der Waals surface area contributed by atoms with E-state index in [9.17, 15) is 0 Å². The Morgan fingerprint density at radius 1 is 1.45 bits per heavy atom. The molecule has 0 spiro atoms. The summed E-state index contributed by atoms with van der Waals surface area (Å²) in [5.74, 6) is 1.53. The molecule has 8 heteroatoms. The van der Waals surface area contributed by atoms with Crippen LogP contribution in [0.3, 0.4) is 0 Å². The summed E-state index contributed by atoms with van der Waals surface area (Å²) in [7, 11) is 0. The van der Waals surface area contributed by atoms with Gasteiger partial charge in [0.2, 0.25) is 5.16 Å². The fourth-order valence-corrected chi connectivity index (χ4v) is 3.38. The van der Waals surface area contributed by atoms with Crippen molar-refractivity contribution >= 4 is 23.1 Å². The van der Waals surface area contributed by atoms with Gasteiger partial charge in [0.05, 0.1) is 16.6 Å². The summed E-state index contributed by atoms with van der Waals surface area (Å²) < 4.78 is 7.27. The zero-order valence-corrected chi connectivity index (χ0v) is 12.1. The Hall–Kier alpha value is -1.67. The minimum absolute atomic E-state index is 0.492. The van der Waals surface area contributed by atoms with E-state index < -0.39 is 0 Å².